The Kier molecular flexibility index (Phi) is 5.20. The predicted molar refractivity (Wildman–Crippen MR) is 97.0 cm³/mol. The van der Waals surface area contributed by atoms with Gasteiger partial charge in [-0.2, -0.15) is 4.98 Å². The second-order valence-corrected chi connectivity index (χ2v) is 7.15. The summed E-state index contributed by atoms with van der Waals surface area (Å²) in [6.45, 7) is 4.09. The number of carbonyl (C=O) groups is 1. The molecule has 8 heteroatoms. The summed E-state index contributed by atoms with van der Waals surface area (Å²) >= 11 is 0. The Hall–Kier alpha value is -2.29. The van der Waals surface area contributed by atoms with E-state index < -0.39 is 0 Å². The van der Waals surface area contributed by atoms with Crippen LogP contribution in [-0.2, 0) is 11.3 Å². The molecule has 2 aliphatic heterocycles. The highest BCUT2D eigenvalue weighted by molar-refractivity contribution is 5.89. The van der Waals surface area contributed by atoms with E-state index in [0.29, 0.717) is 30.4 Å². The van der Waals surface area contributed by atoms with Crippen LogP contribution in [0.15, 0.2) is 28.8 Å². The van der Waals surface area contributed by atoms with Gasteiger partial charge in [-0.1, -0.05) is 17.3 Å². The molecule has 0 spiro atoms. The number of hydrogen-bond donors (Lipinski definition) is 1. The lowest BCUT2D eigenvalue weighted by atomic mass is 10.1. The molecule has 27 heavy (non-hydrogen) atoms. The van der Waals surface area contributed by atoms with E-state index in [-0.39, 0.29) is 18.1 Å². The zero-order valence-corrected chi connectivity index (χ0v) is 15.4. The van der Waals surface area contributed by atoms with Gasteiger partial charge in [-0.25, -0.2) is 4.79 Å². The van der Waals surface area contributed by atoms with E-state index in [1.54, 1.807) is 24.3 Å². The van der Waals surface area contributed by atoms with E-state index in [0.717, 1.165) is 25.2 Å². The van der Waals surface area contributed by atoms with Gasteiger partial charge in [0.05, 0.1) is 25.3 Å². The summed E-state index contributed by atoms with van der Waals surface area (Å²) in [6.07, 6.45) is 2.09. The molecule has 4 rings (SSSR count). The minimum Gasteiger partial charge on any atom is -0.465 e. The highest BCUT2D eigenvalue weighted by Crippen LogP contribution is 2.23. The Morgan fingerprint density at radius 2 is 2.00 bits per heavy atom. The van der Waals surface area contributed by atoms with Crippen LogP contribution in [0.4, 0.5) is 0 Å². The van der Waals surface area contributed by atoms with Gasteiger partial charge in [-0.05, 0) is 38.1 Å². The molecule has 0 amide bonds. The first-order valence-electron chi connectivity index (χ1n) is 9.30. The van der Waals surface area contributed by atoms with Crippen LogP contribution in [0.2, 0.25) is 0 Å². The summed E-state index contributed by atoms with van der Waals surface area (Å²) in [5.41, 5.74) is 1.25. The lowest BCUT2D eigenvalue weighted by Crippen LogP contribution is -2.41. The molecule has 0 bridgehead atoms. The summed E-state index contributed by atoms with van der Waals surface area (Å²) in [6, 6.07) is 7.08. The predicted octanol–water partition coefficient (Wildman–Crippen LogP) is 1.16. The molecule has 1 N–H and O–H groups in total. The van der Waals surface area contributed by atoms with E-state index in [1.165, 1.54) is 20.0 Å². The minimum atomic E-state index is -0.379. The molecular formula is C19H24N4O4. The fourth-order valence-electron chi connectivity index (χ4n) is 3.91. The van der Waals surface area contributed by atoms with E-state index in [1.807, 2.05) is 0 Å². The number of β-amino-alcohol motifs (C(OH)–C–C–N with tert-alkyl or cyclic N) is 1. The molecule has 2 atom stereocenters. The van der Waals surface area contributed by atoms with Gasteiger partial charge in [0, 0.05) is 24.7 Å². The lowest BCUT2D eigenvalue weighted by Gasteiger charge is -2.25. The summed E-state index contributed by atoms with van der Waals surface area (Å²) in [5.74, 6) is 0.629. The summed E-state index contributed by atoms with van der Waals surface area (Å²) in [7, 11) is 1.35. The van der Waals surface area contributed by atoms with Crippen LogP contribution in [0.1, 0.15) is 29.1 Å². The molecule has 0 radical (unpaired) electrons. The zero-order valence-electron chi connectivity index (χ0n) is 15.4. The van der Waals surface area contributed by atoms with Crippen LogP contribution in [0, 0.1) is 0 Å². The summed E-state index contributed by atoms with van der Waals surface area (Å²) in [4.78, 5) is 20.5. The van der Waals surface area contributed by atoms with Crippen LogP contribution in [-0.4, -0.2) is 76.5 Å². The SMILES string of the molecule is COC(=O)c1ccc(-c2noc(CN3C[C@@H](O)[C@H](N4CCCC4)C3)n2)cc1. The Morgan fingerprint density at radius 1 is 1.26 bits per heavy atom. The molecule has 144 valence electrons. The number of methoxy groups -OCH3 is 1. The largest absolute Gasteiger partial charge is 0.465 e. The van der Waals surface area contributed by atoms with Crippen molar-refractivity contribution in [2.75, 3.05) is 33.3 Å². The molecule has 2 aromatic rings. The highest BCUT2D eigenvalue weighted by atomic mass is 16.5. The molecule has 8 nitrogen and oxygen atoms in total. The van der Waals surface area contributed by atoms with Gasteiger partial charge in [-0.15, -0.1) is 0 Å². The molecule has 1 aromatic carbocycles. The zero-order chi connectivity index (χ0) is 18.8. The standard InChI is InChI=1S/C19H24N4O4/c1-26-19(25)14-6-4-13(5-7-14)18-20-17(27-21-18)12-22-10-15(16(24)11-22)23-8-2-3-9-23/h4-7,15-16,24H,2-3,8-12H2,1H3/t15-,16-/m1/s1. The quantitative estimate of drug-likeness (QED) is 0.782. The maximum absolute atomic E-state index is 11.5. The number of likely N-dealkylation sites (tertiary alicyclic amines) is 2. The fourth-order valence-corrected chi connectivity index (χ4v) is 3.91. The van der Waals surface area contributed by atoms with Crippen molar-refractivity contribution < 1.29 is 19.2 Å². The number of carbonyl (C=O) groups excluding carboxylic acids is 1. The van der Waals surface area contributed by atoms with Crippen molar-refractivity contribution in [1.82, 2.24) is 19.9 Å². The number of aliphatic hydroxyl groups excluding tert-OH is 1. The third kappa shape index (κ3) is 3.87. The first-order valence-corrected chi connectivity index (χ1v) is 9.30. The van der Waals surface area contributed by atoms with E-state index in [9.17, 15) is 9.90 Å². The number of aromatic nitrogens is 2. The summed E-state index contributed by atoms with van der Waals surface area (Å²) < 4.78 is 10.1. The van der Waals surface area contributed by atoms with Gasteiger partial charge < -0.3 is 14.4 Å². The van der Waals surface area contributed by atoms with E-state index in [2.05, 4.69) is 19.9 Å². The van der Waals surface area contributed by atoms with Crippen molar-refractivity contribution in [3.63, 3.8) is 0 Å². The van der Waals surface area contributed by atoms with Gasteiger partial charge in [0.25, 0.3) is 0 Å². The molecule has 3 heterocycles. The monoisotopic (exact) mass is 372 g/mol. The number of esters is 1. The number of ether oxygens (including phenoxy) is 1. The molecule has 1 aromatic heterocycles. The smallest absolute Gasteiger partial charge is 0.337 e. The Bertz CT molecular complexity index is 785. The van der Waals surface area contributed by atoms with Gasteiger partial charge in [0.2, 0.25) is 11.7 Å². The summed E-state index contributed by atoms with van der Waals surface area (Å²) in [5, 5.41) is 14.4. The van der Waals surface area contributed by atoms with Crippen LogP contribution in [0.3, 0.4) is 0 Å². The average molecular weight is 372 g/mol. The third-order valence-corrected chi connectivity index (χ3v) is 5.34. The van der Waals surface area contributed by atoms with Crippen molar-refractivity contribution >= 4 is 5.97 Å². The number of rotatable bonds is 5. The molecule has 0 saturated carbocycles. The Balaban J connectivity index is 1.39. The van der Waals surface area contributed by atoms with Crippen molar-refractivity contribution in [1.29, 1.82) is 0 Å². The first-order chi connectivity index (χ1) is 13.1. The van der Waals surface area contributed by atoms with Crippen molar-refractivity contribution in [3.05, 3.63) is 35.7 Å². The average Bonchev–Trinajstić information content (AvgIpc) is 3.43. The van der Waals surface area contributed by atoms with Crippen LogP contribution < -0.4 is 0 Å². The third-order valence-electron chi connectivity index (χ3n) is 5.34. The fraction of sp³-hybridized carbons (Fsp3) is 0.526. The van der Waals surface area contributed by atoms with Crippen LogP contribution in [0.25, 0.3) is 11.4 Å². The molecule has 2 saturated heterocycles. The normalized spacial score (nSPS) is 23.8. The Labute approximate surface area is 157 Å². The van der Waals surface area contributed by atoms with Crippen molar-refractivity contribution in [3.8, 4) is 11.4 Å². The van der Waals surface area contributed by atoms with Crippen LogP contribution in [0.5, 0.6) is 0 Å². The second-order valence-electron chi connectivity index (χ2n) is 7.15. The molecule has 2 fully saturated rings. The maximum atomic E-state index is 11.5. The lowest BCUT2D eigenvalue weighted by molar-refractivity contribution is 0.0600. The van der Waals surface area contributed by atoms with Gasteiger partial charge in [-0.3, -0.25) is 9.80 Å². The second kappa shape index (κ2) is 7.75. The topological polar surface area (TPSA) is 91.9 Å². The molecule has 2 aliphatic rings. The van der Waals surface area contributed by atoms with Crippen LogP contribution >= 0.6 is 0 Å². The number of hydrogen-bond acceptors (Lipinski definition) is 8. The Morgan fingerprint density at radius 3 is 2.70 bits per heavy atom. The van der Waals surface area contributed by atoms with E-state index in [4.69, 9.17) is 9.26 Å². The van der Waals surface area contributed by atoms with Gasteiger partial charge in [0.1, 0.15) is 0 Å². The number of benzene rings is 1. The van der Waals surface area contributed by atoms with Crippen molar-refractivity contribution in [2.24, 2.45) is 0 Å². The molecular weight excluding hydrogens is 348 g/mol. The minimum absolute atomic E-state index is 0.195. The molecule has 0 unspecified atom stereocenters. The number of aliphatic hydroxyl groups is 1. The maximum Gasteiger partial charge on any atom is 0.337 e. The first kappa shape index (κ1) is 18.1. The number of nitrogens with zero attached hydrogens (tertiary/aromatic N) is 4. The molecule has 0 aliphatic carbocycles. The van der Waals surface area contributed by atoms with Crippen molar-refractivity contribution in [2.45, 2.75) is 31.5 Å². The van der Waals surface area contributed by atoms with Gasteiger partial charge >= 0.3 is 5.97 Å². The van der Waals surface area contributed by atoms with Gasteiger partial charge in [0.15, 0.2) is 0 Å². The highest BCUT2D eigenvalue weighted by Gasteiger charge is 2.36. The van der Waals surface area contributed by atoms with E-state index >= 15 is 0 Å².